The summed E-state index contributed by atoms with van der Waals surface area (Å²) in [6, 6.07) is 12.2. The van der Waals surface area contributed by atoms with Crippen LogP contribution < -0.4 is 10.6 Å². The molecular weight excluding hydrogens is 248 g/mol. The van der Waals surface area contributed by atoms with Gasteiger partial charge in [-0.1, -0.05) is 31.2 Å². The second kappa shape index (κ2) is 6.07. The fraction of sp³-hybridized carbons (Fsp3) is 0.250. The topological polar surface area (TPSA) is 65.9 Å². The van der Waals surface area contributed by atoms with Crippen molar-refractivity contribution >= 4 is 11.5 Å². The van der Waals surface area contributed by atoms with Gasteiger partial charge in [0, 0.05) is 19.8 Å². The van der Waals surface area contributed by atoms with Crippen LogP contribution in [0.2, 0.25) is 0 Å². The summed E-state index contributed by atoms with van der Waals surface area (Å²) in [5, 5.41) is 8.82. The van der Waals surface area contributed by atoms with E-state index in [-0.39, 0.29) is 0 Å². The smallest absolute Gasteiger partial charge is 0.151 e. The normalized spacial score (nSPS) is 10.1. The van der Waals surface area contributed by atoms with Gasteiger partial charge in [0.2, 0.25) is 0 Å². The van der Waals surface area contributed by atoms with Gasteiger partial charge in [-0.2, -0.15) is 5.26 Å². The van der Waals surface area contributed by atoms with Gasteiger partial charge in [-0.3, -0.25) is 0 Å². The highest BCUT2D eigenvalue weighted by Gasteiger charge is 2.08. The molecule has 4 heteroatoms. The molecule has 1 aromatic heterocycles. The van der Waals surface area contributed by atoms with E-state index in [1.165, 1.54) is 11.1 Å². The summed E-state index contributed by atoms with van der Waals surface area (Å²) in [7, 11) is 1.94. The molecule has 0 radical (unpaired) electrons. The Bertz CT molecular complexity index is 626. The summed E-state index contributed by atoms with van der Waals surface area (Å²) in [5.41, 5.74) is 9.48. The fourth-order valence-corrected chi connectivity index (χ4v) is 2.08. The first kappa shape index (κ1) is 13.9. The lowest BCUT2D eigenvalue weighted by Gasteiger charge is -2.20. The maximum atomic E-state index is 8.82. The SMILES string of the molecule is CCc1ccc(CN(C)c2ncc(C#N)cc2N)cc1. The van der Waals surface area contributed by atoms with Crippen LogP contribution in [0.15, 0.2) is 36.5 Å². The average molecular weight is 266 g/mol. The Morgan fingerprint density at radius 1 is 1.25 bits per heavy atom. The molecule has 1 aromatic carbocycles. The number of hydrogen-bond acceptors (Lipinski definition) is 4. The molecule has 4 nitrogen and oxygen atoms in total. The highest BCUT2D eigenvalue weighted by molar-refractivity contribution is 5.64. The monoisotopic (exact) mass is 266 g/mol. The van der Waals surface area contributed by atoms with Crippen molar-refractivity contribution in [1.82, 2.24) is 4.98 Å². The summed E-state index contributed by atoms with van der Waals surface area (Å²) < 4.78 is 0. The van der Waals surface area contributed by atoms with Crippen LogP contribution in [0.3, 0.4) is 0 Å². The molecule has 0 saturated carbocycles. The van der Waals surface area contributed by atoms with E-state index in [4.69, 9.17) is 11.0 Å². The highest BCUT2D eigenvalue weighted by atomic mass is 15.2. The van der Waals surface area contributed by atoms with E-state index < -0.39 is 0 Å². The molecule has 0 aliphatic carbocycles. The van der Waals surface area contributed by atoms with Crippen LogP contribution in [-0.2, 0) is 13.0 Å². The van der Waals surface area contributed by atoms with Gasteiger partial charge in [0.25, 0.3) is 0 Å². The van der Waals surface area contributed by atoms with E-state index in [9.17, 15) is 0 Å². The van der Waals surface area contributed by atoms with Crippen LogP contribution in [0.5, 0.6) is 0 Å². The number of nitrogens with two attached hydrogens (primary N) is 1. The largest absolute Gasteiger partial charge is 0.396 e. The zero-order valence-corrected chi connectivity index (χ0v) is 11.8. The molecule has 0 atom stereocenters. The van der Waals surface area contributed by atoms with Crippen molar-refractivity contribution in [1.29, 1.82) is 5.26 Å². The summed E-state index contributed by atoms with van der Waals surface area (Å²) in [6.45, 7) is 2.87. The zero-order chi connectivity index (χ0) is 14.5. The molecule has 102 valence electrons. The molecule has 2 aromatic rings. The van der Waals surface area contributed by atoms with E-state index in [0.29, 0.717) is 17.1 Å². The predicted molar refractivity (Wildman–Crippen MR) is 81.3 cm³/mol. The maximum absolute atomic E-state index is 8.82. The second-order valence-corrected chi connectivity index (χ2v) is 4.77. The van der Waals surface area contributed by atoms with Gasteiger partial charge in [-0.05, 0) is 23.6 Å². The van der Waals surface area contributed by atoms with Crippen molar-refractivity contribution in [3.63, 3.8) is 0 Å². The fourth-order valence-electron chi connectivity index (χ4n) is 2.08. The van der Waals surface area contributed by atoms with E-state index in [2.05, 4.69) is 36.2 Å². The first-order valence-electron chi connectivity index (χ1n) is 6.58. The molecule has 0 aliphatic rings. The third-order valence-corrected chi connectivity index (χ3v) is 3.24. The van der Waals surface area contributed by atoms with E-state index >= 15 is 0 Å². The molecule has 0 aliphatic heterocycles. The molecule has 20 heavy (non-hydrogen) atoms. The van der Waals surface area contributed by atoms with Gasteiger partial charge in [0.15, 0.2) is 5.82 Å². The Hall–Kier alpha value is -2.54. The summed E-state index contributed by atoms with van der Waals surface area (Å²) in [6.07, 6.45) is 2.59. The second-order valence-electron chi connectivity index (χ2n) is 4.77. The van der Waals surface area contributed by atoms with Crippen LogP contribution in [0.1, 0.15) is 23.6 Å². The van der Waals surface area contributed by atoms with Gasteiger partial charge in [-0.25, -0.2) is 4.98 Å². The number of nitriles is 1. The molecule has 0 bridgehead atoms. The molecule has 0 fully saturated rings. The molecule has 0 unspecified atom stereocenters. The average Bonchev–Trinajstić information content (AvgIpc) is 2.47. The Morgan fingerprint density at radius 3 is 2.45 bits per heavy atom. The minimum atomic E-state index is 0.479. The molecule has 2 N–H and O–H groups in total. The van der Waals surface area contributed by atoms with E-state index in [0.717, 1.165) is 13.0 Å². The predicted octanol–water partition coefficient (Wildman–Crippen LogP) is 2.73. The number of aromatic nitrogens is 1. The summed E-state index contributed by atoms with van der Waals surface area (Å²) in [5.74, 6) is 0.698. The Labute approximate surface area is 119 Å². The van der Waals surface area contributed by atoms with Crippen LogP contribution in [0, 0.1) is 11.3 Å². The molecule has 0 amide bonds. The summed E-state index contributed by atoms with van der Waals surface area (Å²) in [4.78, 5) is 6.24. The number of nitrogen functional groups attached to an aromatic ring is 1. The number of nitrogens with zero attached hydrogens (tertiary/aromatic N) is 3. The van der Waals surface area contributed by atoms with Gasteiger partial charge >= 0.3 is 0 Å². The lowest BCUT2D eigenvalue weighted by atomic mass is 10.1. The first-order chi connectivity index (χ1) is 9.63. The highest BCUT2D eigenvalue weighted by Crippen LogP contribution is 2.21. The summed E-state index contributed by atoms with van der Waals surface area (Å²) >= 11 is 0. The Balaban J connectivity index is 2.15. The number of benzene rings is 1. The lowest BCUT2D eigenvalue weighted by Crippen LogP contribution is -2.19. The standard InChI is InChI=1S/C16H18N4/c1-3-12-4-6-13(7-5-12)11-20(2)16-15(18)8-14(9-17)10-19-16/h4-8,10H,3,11,18H2,1-2H3. The van der Waals surface area contributed by atoms with Crippen molar-refractivity contribution in [3.05, 3.63) is 53.2 Å². The lowest BCUT2D eigenvalue weighted by molar-refractivity contribution is 0.898. The van der Waals surface area contributed by atoms with Crippen molar-refractivity contribution in [2.24, 2.45) is 0 Å². The van der Waals surface area contributed by atoms with Gasteiger partial charge in [0.1, 0.15) is 6.07 Å². The van der Waals surface area contributed by atoms with Gasteiger partial charge in [-0.15, -0.1) is 0 Å². The van der Waals surface area contributed by atoms with Crippen LogP contribution in [0.4, 0.5) is 11.5 Å². The number of aryl methyl sites for hydroxylation is 1. The Kier molecular flexibility index (Phi) is 4.21. The molecular formula is C16H18N4. The van der Waals surface area contributed by atoms with Crippen LogP contribution in [-0.4, -0.2) is 12.0 Å². The zero-order valence-electron chi connectivity index (χ0n) is 11.8. The minimum absolute atomic E-state index is 0.479. The first-order valence-corrected chi connectivity index (χ1v) is 6.58. The molecule has 1 heterocycles. The van der Waals surface area contributed by atoms with E-state index in [1.807, 2.05) is 18.0 Å². The third-order valence-electron chi connectivity index (χ3n) is 3.24. The van der Waals surface area contributed by atoms with Crippen molar-refractivity contribution < 1.29 is 0 Å². The molecule has 0 saturated heterocycles. The molecule has 0 spiro atoms. The number of anilines is 2. The third kappa shape index (κ3) is 3.07. The minimum Gasteiger partial charge on any atom is -0.396 e. The number of hydrogen-bond donors (Lipinski definition) is 1. The number of rotatable bonds is 4. The van der Waals surface area contributed by atoms with Crippen molar-refractivity contribution in [2.45, 2.75) is 19.9 Å². The Morgan fingerprint density at radius 2 is 1.90 bits per heavy atom. The van der Waals surface area contributed by atoms with Crippen molar-refractivity contribution in [2.75, 3.05) is 17.7 Å². The van der Waals surface area contributed by atoms with Gasteiger partial charge in [0.05, 0.1) is 11.3 Å². The van der Waals surface area contributed by atoms with Crippen LogP contribution >= 0.6 is 0 Å². The molecule has 2 rings (SSSR count). The maximum Gasteiger partial charge on any atom is 0.151 e. The van der Waals surface area contributed by atoms with Crippen LogP contribution in [0.25, 0.3) is 0 Å². The number of pyridine rings is 1. The quantitative estimate of drug-likeness (QED) is 0.924. The van der Waals surface area contributed by atoms with Crippen molar-refractivity contribution in [3.8, 4) is 6.07 Å². The van der Waals surface area contributed by atoms with Gasteiger partial charge < -0.3 is 10.6 Å². The van der Waals surface area contributed by atoms with E-state index in [1.54, 1.807) is 12.3 Å².